The van der Waals surface area contributed by atoms with E-state index in [1.54, 1.807) is 24.3 Å². The number of benzene rings is 4. The Morgan fingerprint density at radius 2 is 1.26 bits per heavy atom. The highest BCUT2D eigenvalue weighted by atomic mass is 19.2. The Kier molecular flexibility index (Phi) is 7.35. The molecule has 4 aromatic carbocycles. The number of esters is 1. The van der Waals surface area contributed by atoms with Gasteiger partial charge in [0.25, 0.3) is 0 Å². The maximum Gasteiger partial charge on any atom is 0.343 e. The first-order valence-electron chi connectivity index (χ1n) is 11.6. The Morgan fingerprint density at radius 3 is 1.77 bits per heavy atom. The highest BCUT2D eigenvalue weighted by Gasteiger charge is 2.17. The second kappa shape index (κ2) is 10.6. The van der Waals surface area contributed by atoms with Crippen LogP contribution in [0.4, 0.5) is 13.2 Å². The van der Waals surface area contributed by atoms with Gasteiger partial charge in [-0.3, -0.25) is 0 Å². The molecule has 0 spiro atoms. The minimum absolute atomic E-state index is 0.0777. The summed E-state index contributed by atoms with van der Waals surface area (Å²) in [6.07, 6.45) is 2.47. The van der Waals surface area contributed by atoms with Crippen molar-refractivity contribution in [1.82, 2.24) is 0 Å². The summed E-state index contributed by atoms with van der Waals surface area (Å²) in [5, 5.41) is 0. The zero-order chi connectivity index (χ0) is 24.9. The number of halogens is 3. The van der Waals surface area contributed by atoms with Gasteiger partial charge in [0.05, 0.1) is 5.56 Å². The van der Waals surface area contributed by atoms with E-state index in [1.165, 1.54) is 42.5 Å². The summed E-state index contributed by atoms with van der Waals surface area (Å²) in [5.74, 6) is -3.41. The third kappa shape index (κ3) is 5.29. The van der Waals surface area contributed by atoms with Crippen molar-refractivity contribution in [3.8, 4) is 28.0 Å². The normalized spacial score (nSPS) is 10.9. The molecular formula is C30H25F3O2. The van der Waals surface area contributed by atoms with E-state index in [0.717, 1.165) is 30.4 Å². The lowest BCUT2D eigenvalue weighted by molar-refractivity contribution is 0.0728. The van der Waals surface area contributed by atoms with E-state index < -0.39 is 23.4 Å². The predicted molar refractivity (Wildman–Crippen MR) is 132 cm³/mol. The van der Waals surface area contributed by atoms with Crippen LogP contribution in [-0.4, -0.2) is 5.97 Å². The average molecular weight is 475 g/mol. The van der Waals surface area contributed by atoms with Crippen LogP contribution in [-0.2, 0) is 12.8 Å². The summed E-state index contributed by atoms with van der Waals surface area (Å²) < 4.78 is 49.3. The number of carbonyl (C=O) groups excluding carboxylic acids is 1. The van der Waals surface area contributed by atoms with E-state index in [1.807, 2.05) is 26.0 Å². The fraction of sp³-hybridized carbons (Fsp3) is 0.167. The predicted octanol–water partition coefficient (Wildman–Crippen LogP) is 8.17. The molecule has 0 aliphatic heterocycles. The topological polar surface area (TPSA) is 26.3 Å². The quantitative estimate of drug-likeness (QED) is 0.199. The van der Waals surface area contributed by atoms with Crippen LogP contribution >= 0.6 is 0 Å². The Morgan fingerprint density at radius 1 is 0.714 bits per heavy atom. The molecule has 0 radical (unpaired) electrons. The third-order valence-corrected chi connectivity index (χ3v) is 5.92. The lowest BCUT2D eigenvalue weighted by Gasteiger charge is -2.11. The van der Waals surface area contributed by atoms with Crippen molar-refractivity contribution in [1.29, 1.82) is 0 Å². The number of rotatable bonds is 7. The van der Waals surface area contributed by atoms with Gasteiger partial charge in [0.1, 0.15) is 0 Å². The molecule has 0 saturated heterocycles. The van der Waals surface area contributed by atoms with E-state index in [2.05, 4.69) is 0 Å². The number of hydrogen-bond donors (Lipinski definition) is 0. The summed E-state index contributed by atoms with van der Waals surface area (Å²) in [6, 6.07) is 20.8. The smallest absolute Gasteiger partial charge is 0.343 e. The molecule has 0 aromatic heterocycles. The van der Waals surface area contributed by atoms with Crippen molar-refractivity contribution in [3.63, 3.8) is 0 Å². The molecule has 4 aromatic rings. The van der Waals surface area contributed by atoms with Crippen molar-refractivity contribution in [2.45, 2.75) is 33.1 Å². The highest BCUT2D eigenvalue weighted by molar-refractivity contribution is 5.91. The van der Waals surface area contributed by atoms with Gasteiger partial charge in [0, 0.05) is 11.1 Å². The van der Waals surface area contributed by atoms with Gasteiger partial charge in [-0.25, -0.2) is 18.0 Å². The van der Waals surface area contributed by atoms with Gasteiger partial charge < -0.3 is 4.74 Å². The largest absolute Gasteiger partial charge is 0.420 e. The average Bonchev–Trinajstić information content (AvgIpc) is 2.87. The second-order valence-electron chi connectivity index (χ2n) is 8.32. The number of hydrogen-bond acceptors (Lipinski definition) is 2. The van der Waals surface area contributed by atoms with Crippen molar-refractivity contribution in [2.24, 2.45) is 0 Å². The molecule has 0 bridgehead atoms. The zero-order valence-electron chi connectivity index (χ0n) is 19.6. The second-order valence-corrected chi connectivity index (χ2v) is 8.32. The van der Waals surface area contributed by atoms with E-state index in [-0.39, 0.29) is 22.4 Å². The summed E-state index contributed by atoms with van der Waals surface area (Å²) in [4.78, 5) is 12.5. The highest BCUT2D eigenvalue weighted by Crippen LogP contribution is 2.32. The third-order valence-electron chi connectivity index (χ3n) is 5.92. The Balaban J connectivity index is 1.53. The summed E-state index contributed by atoms with van der Waals surface area (Å²) in [6.45, 7) is 4.02. The molecule has 0 unspecified atom stereocenters. The monoisotopic (exact) mass is 474 g/mol. The minimum atomic E-state index is -0.966. The van der Waals surface area contributed by atoms with Gasteiger partial charge in [0.2, 0.25) is 0 Å². The molecule has 2 nitrogen and oxygen atoms in total. The summed E-state index contributed by atoms with van der Waals surface area (Å²) >= 11 is 0. The first kappa shape index (κ1) is 24.3. The zero-order valence-corrected chi connectivity index (χ0v) is 19.6. The van der Waals surface area contributed by atoms with Gasteiger partial charge in [-0.05, 0) is 59.4 Å². The fourth-order valence-electron chi connectivity index (χ4n) is 3.93. The van der Waals surface area contributed by atoms with Crippen molar-refractivity contribution in [2.75, 3.05) is 0 Å². The minimum Gasteiger partial charge on any atom is -0.420 e. The molecule has 0 heterocycles. The molecule has 0 fully saturated rings. The summed E-state index contributed by atoms with van der Waals surface area (Å²) in [5.41, 5.74) is 3.36. The van der Waals surface area contributed by atoms with Crippen molar-refractivity contribution >= 4 is 5.97 Å². The van der Waals surface area contributed by atoms with Gasteiger partial charge in [0.15, 0.2) is 23.2 Å². The lowest BCUT2D eigenvalue weighted by atomic mass is 9.97. The molecule has 0 N–H and O–H groups in total. The van der Waals surface area contributed by atoms with Gasteiger partial charge >= 0.3 is 5.97 Å². The van der Waals surface area contributed by atoms with Crippen LogP contribution in [0, 0.1) is 17.5 Å². The maximum atomic E-state index is 14.9. The van der Waals surface area contributed by atoms with Crippen LogP contribution in [0.5, 0.6) is 5.75 Å². The van der Waals surface area contributed by atoms with Crippen LogP contribution in [0.15, 0.2) is 78.9 Å². The number of ether oxygens (including phenoxy) is 1. The Bertz CT molecular complexity index is 1340. The van der Waals surface area contributed by atoms with E-state index in [0.29, 0.717) is 11.1 Å². The first-order chi connectivity index (χ1) is 16.9. The van der Waals surface area contributed by atoms with E-state index in [4.69, 9.17) is 4.74 Å². The molecule has 0 atom stereocenters. The fourth-order valence-corrected chi connectivity index (χ4v) is 3.93. The van der Waals surface area contributed by atoms with Gasteiger partial charge in [-0.1, -0.05) is 74.9 Å². The van der Waals surface area contributed by atoms with Crippen LogP contribution in [0.2, 0.25) is 0 Å². The number of carbonyl (C=O) groups is 1. The standard InChI is InChI=1S/C30H25F3O2/c1-3-5-20-8-17-27(26(31)18-20)35-30(34)23-13-11-22(12-14-23)25-16-15-24(28(32)29(25)33)21-9-6-19(4-2)7-10-21/h6-18H,3-5H2,1-2H3. The Labute approximate surface area is 203 Å². The number of aryl methyl sites for hydroxylation is 2. The molecule has 4 rings (SSSR count). The molecule has 0 saturated carbocycles. The molecule has 0 amide bonds. The molecule has 178 valence electrons. The molecule has 5 heteroatoms. The van der Waals surface area contributed by atoms with Crippen molar-refractivity contribution in [3.05, 3.63) is 113 Å². The first-order valence-corrected chi connectivity index (χ1v) is 11.6. The molecular weight excluding hydrogens is 449 g/mol. The molecule has 35 heavy (non-hydrogen) atoms. The van der Waals surface area contributed by atoms with Crippen LogP contribution in [0.1, 0.15) is 41.8 Å². The molecule has 0 aliphatic carbocycles. The van der Waals surface area contributed by atoms with Crippen LogP contribution in [0.25, 0.3) is 22.3 Å². The molecule has 0 aliphatic rings. The van der Waals surface area contributed by atoms with Crippen LogP contribution in [0.3, 0.4) is 0 Å². The van der Waals surface area contributed by atoms with Crippen molar-refractivity contribution < 1.29 is 22.7 Å². The van der Waals surface area contributed by atoms with Gasteiger partial charge in [-0.15, -0.1) is 0 Å². The Hall–Kier alpha value is -3.86. The maximum absolute atomic E-state index is 14.9. The lowest BCUT2D eigenvalue weighted by Crippen LogP contribution is -2.09. The summed E-state index contributed by atoms with van der Waals surface area (Å²) in [7, 11) is 0. The van der Waals surface area contributed by atoms with Crippen LogP contribution < -0.4 is 4.74 Å². The SMILES string of the molecule is CCCc1ccc(OC(=O)c2ccc(-c3ccc(-c4ccc(CC)cc4)c(F)c3F)cc2)c(F)c1. The van der Waals surface area contributed by atoms with Gasteiger partial charge in [-0.2, -0.15) is 0 Å². The van der Waals surface area contributed by atoms with E-state index in [9.17, 15) is 18.0 Å². The van der Waals surface area contributed by atoms with E-state index >= 15 is 0 Å².